The summed E-state index contributed by atoms with van der Waals surface area (Å²) < 4.78 is 1.27. The van der Waals surface area contributed by atoms with E-state index in [2.05, 4.69) is 39.6 Å². The molecule has 0 bridgehead atoms. The molecule has 1 atom stereocenters. The van der Waals surface area contributed by atoms with E-state index >= 15 is 0 Å². The minimum Gasteiger partial charge on any atom is -0.319 e. The molecule has 1 aromatic heterocycles. The van der Waals surface area contributed by atoms with Crippen LogP contribution in [0.1, 0.15) is 18.2 Å². The minimum absolute atomic E-state index is 0.763. The third kappa shape index (κ3) is 3.79. The van der Waals surface area contributed by atoms with Crippen molar-refractivity contribution in [2.24, 2.45) is 5.92 Å². The van der Waals surface area contributed by atoms with E-state index < -0.39 is 0 Å². The van der Waals surface area contributed by atoms with E-state index in [0.29, 0.717) is 0 Å². The van der Waals surface area contributed by atoms with Crippen LogP contribution in [0.5, 0.6) is 0 Å². The normalized spacial score (nSPS) is 13.2. The van der Waals surface area contributed by atoms with Crippen LogP contribution in [0.2, 0.25) is 0 Å². The molecule has 1 aromatic rings. The first-order valence-electron chi connectivity index (χ1n) is 4.60. The highest BCUT2D eigenvalue weighted by Gasteiger charge is 2.04. The Hall–Kier alpha value is 0.140. The lowest BCUT2D eigenvalue weighted by molar-refractivity contribution is 0.506. The van der Waals surface area contributed by atoms with Crippen molar-refractivity contribution >= 4 is 27.3 Å². The summed E-state index contributed by atoms with van der Waals surface area (Å²) in [6.45, 7) is 3.40. The molecule has 1 unspecified atom stereocenters. The van der Waals surface area contributed by atoms with Crippen LogP contribution in [0, 0.1) is 5.92 Å². The second kappa shape index (κ2) is 5.78. The Balaban J connectivity index is 2.30. The van der Waals surface area contributed by atoms with Crippen LogP contribution < -0.4 is 5.32 Å². The Morgan fingerprint density at radius 1 is 1.62 bits per heavy atom. The first-order valence-corrected chi connectivity index (χ1v) is 6.27. The standard InChI is InChI=1S/C10H16BrNS/c1-8(7-12-2)3-4-10-9(11)5-6-13-10/h5-6,8,12H,3-4,7H2,1-2H3. The van der Waals surface area contributed by atoms with Gasteiger partial charge in [0.2, 0.25) is 0 Å². The van der Waals surface area contributed by atoms with Crippen LogP contribution in [0.25, 0.3) is 0 Å². The maximum atomic E-state index is 3.55. The predicted molar refractivity (Wildman–Crippen MR) is 63.4 cm³/mol. The van der Waals surface area contributed by atoms with Crippen molar-refractivity contribution in [3.8, 4) is 0 Å². The van der Waals surface area contributed by atoms with Crippen LogP contribution in [0.3, 0.4) is 0 Å². The van der Waals surface area contributed by atoms with Gasteiger partial charge in [0.05, 0.1) is 0 Å². The zero-order valence-corrected chi connectivity index (χ0v) is 10.5. The van der Waals surface area contributed by atoms with Gasteiger partial charge in [-0.3, -0.25) is 0 Å². The van der Waals surface area contributed by atoms with Crippen molar-refractivity contribution in [3.05, 3.63) is 20.8 Å². The fourth-order valence-corrected chi connectivity index (χ4v) is 2.90. The number of halogens is 1. The maximum absolute atomic E-state index is 3.55. The van der Waals surface area contributed by atoms with Gasteiger partial charge >= 0.3 is 0 Å². The van der Waals surface area contributed by atoms with Gasteiger partial charge in [0, 0.05) is 9.35 Å². The van der Waals surface area contributed by atoms with E-state index in [4.69, 9.17) is 0 Å². The molecule has 3 heteroatoms. The zero-order chi connectivity index (χ0) is 9.68. The molecule has 1 heterocycles. The molecule has 0 aliphatic carbocycles. The van der Waals surface area contributed by atoms with Crippen molar-refractivity contribution in [2.45, 2.75) is 19.8 Å². The molecule has 0 aliphatic heterocycles. The summed E-state index contributed by atoms with van der Waals surface area (Å²) >= 11 is 5.39. The van der Waals surface area contributed by atoms with Gasteiger partial charge in [0.25, 0.3) is 0 Å². The van der Waals surface area contributed by atoms with Crippen LogP contribution >= 0.6 is 27.3 Å². The van der Waals surface area contributed by atoms with Crippen LogP contribution in [-0.4, -0.2) is 13.6 Å². The second-order valence-electron chi connectivity index (χ2n) is 3.39. The van der Waals surface area contributed by atoms with E-state index in [1.54, 1.807) is 0 Å². The third-order valence-corrected chi connectivity index (χ3v) is 4.09. The number of hydrogen-bond acceptors (Lipinski definition) is 2. The number of thiophene rings is 1. The van der Waals surface area contributed by atoms with Gasteiger partial charge < -0.3 is 5.32 Å². The lowest BCUT2D eigenvalue weighted by Crippen LogP contribution is -2.16. The average molecular weight is 262 g/mol. The van der Waals surface area contributed by atoms with Crippen LogP contribution in [-0.2, 0) is 6.42 Å². The minimum atomic E-state index is 0.763. The second-order valence-corrected chi connectivity index (χ2v) is 5.25. The topological polar surface area (TPSA) is 12.0 Å². The molecule has 13 heavy (non-hydrogen) atoms. The highest BCUT2D eigenvalue weighted by molar-refractivity contribution is 9.10. The van der Waals surface area contributed by atoms with Gasteiger partial charge in [-0.05, 0) is 59.7 Å². The average Bonchev–Trinajstić information content (AvgIpc) is 2.48. The van der Waals surface area contributed by atoms with E-state index in [9.17, 15) is 0 Å². The largest absolute Gasteiger partial charge is 0.319 e. The molecule has 0 amide bonds. The predicted octanol–water partition coefficient (Wildman–Crippen LogP) is 3.30. The Morgan fingerprint density at radius 3 is 2.92 bits per heavy atom. The number of rotatable bonds is 5. The smallest absolute Gasteiger partial charge is 0.0314 e. The summed E-state index contributed by atoms with van der Waals surface area (Å²) in [4.78, 5) is 1.47. The molecule has 0 spiro atoms. The third-order valence-electron chi connectivity index (χ3n) is 2.11. The van der Waals surface area contributed by atoms with Gasteiger partial charge in [-0.2, -0.15) is 0 Å². The molecule has 0 saturated carbocycles. The van der Waals surface area contributed by atoms with Gasteiger partial charge in [-0.25, -0.2) is 0 Å². The Morgan fingerprint density at radius 2 is 2.38 bits per heavy atom. The van der Waals surface area contributed by atoms with Gasteiger partial charge in [0.1, 0.15) is 0 Å². The van der Waals surface area contributed by atoms with E-state index in [0.717, 1.165) is 12.5 Å². The number of nitrogens with one attached hydrogen (secondary N) is 1. The highest BCUT2D eigenvalue weighted by atomic mass is 79.9. The van der Waals surface area contributed by atoms with E-state index in [-0.39, 0.29) is 0 Å². The maximum Gasteiger partial charge on any atom is 0.0314 e. The summed E-state index contributed by atoms with van der Waals surface area (Å²) in [5.41, 5.74) is 0. The summed E-state index contributed by atoms with van der Waals surface area (Å²) in [5, 5.41) is 5.34. The lowest BCUT2D eigenvalue weighted by Gasteiger charge is -2.09. The fourth-order valence-electron chi connectivity index (χ4n) is 1.33. The molecule has 0 aromatic carbocycles. The molecule has 0 saturated heterocycles. The quantitative estimate of drug-likeness (QED) is 0.858. The summed E-state index contributed by atoms with van der Waals surface area (Å²) in [7, 11) is 2.01. The molecular weight excluding hydrogens is 246 g/mol. The van der Waals surface area contributed by atoms with Crippen LogP contribution in [0.15, 0.2) is 15.9 Å². The molecule has 1 rings (SSSR count). The molecule has 74 valence electrons. The highest BCUT2D eigenvalue weighted by Crippen LogP contribution is 2.24. The molecule has 0 aliphatic rings. The zero-order valence-electron chi connectivity index (χ0n) is 8.14. The van der Waals surface area contributed by atoms with Crippen molar-refractivity contribution < 1.29 is 0 Å². The summed E-state index contributed by atoms with van der Waals surface area (Å²) in [6.07, 6.45) is 2.46. The number of hydrogen-bond donors (Lipinski definition) is 1. The Kier molecular flexibility index (Phi) is 4.99. The fraction of sp³-hybridized carbons (Fsp3) is 0.600. The van der Waals surface area contributed by atoms with E-state index in [1.807, 2.05) is 18.4 Å². The monoisotopic (exact) mass is 261 g/mol. The first-order chi connectivity index (χ1) is 6.24. The first kappa shape index (κ1) is 11.2. The van der Waals surface area contributed by atoms with Crippen LogP contribution in [0.4, 0.5) is 0 Å². The summed E-state index contributed by atoms with van der Waals surface area (Å²) in [5.74, 6) is 0.763. The van der Waals surface area contributed by atoms with Gasteiger partial charge in [-0.1, -0.05) is 6.92 Å². The molecule has 1 N–H and O–H groups in total. The van der Waals surface area contributed by atoms with Crippen molar-refractivity contribution in [1.29, 1.82) is 0 Å². The van der Waals surface area contributed by atoms with Crippen molar-refractivity contribution in [2.75, 3.05) is 13.6 Å². The Labute approximate surface area is 92.7 Å². The van der Waals surface area contributed by atoms with Crippen molar-refractivity contribution in [1.82, 2.24) is 5.32 Å². The van der Waals surface area contributed by atoms with Gasteiger partial charge in [-0.15, -0.1) is 11.3 Å². The molecule has 1 nitrogen and oxygen atoms in total. The molecule has 0 fully saturated rings. The summed E-state index contributed by atoms with van der Waals surface area (Å²) in [6, 6.07) is 2.13. The number of aryl methyl sites for hydroxylation is 1. The van der Waals surface area contributed by atoms with Gasteiger partial charge in [0.15, 0.2) is 0 Å². The lowest BCUT2D eigenvalue weighted by atomic mass is 10.1. The van der Waals surface area contributed by atoms with Crippen molar-refractivity contribution in [3.63, 3.8) is 0 Å². The Bertz CT molecular complexity index is 247. The molecular formula is C10H16BrNS. The SMILES string of the molecule is CNCC(C)CCc1sccc1Br. The van der Waals surface area contributed by atoms with E-state index in [1.165, 1.54) is 22.2 Å². The molecule has 0 radical (unpaired) electrons.